The van der Waals surface area contributed by atoms with Crippen LogP contribution in [-0.4, -0.2) is 18.9 Å². The van der Waals surface area contributed by atoms with E-state index in [9.17, 15) is 14.0 Å². The van der Waals surface area contributed by atoms with Gasteiger partial charge in [0.25, 0.3) is 5.91 Å². The molecule has 0 bridgehead atoms. The lowest BCUT2D eigenvalue weighted by Crippen LogP contribution is -2.39. The van der Waals surface area contributed by atoms with Gasteiger partial charge in [-0.05, 0) is 51.8 Å². The first kappa shape index (κ1) is 22.6. The van der Waals surface area contributed by atoms with Crippen LogP contribution in [0.15, 0.2) is 42.5 Å². The third-order valence-electron chi connectivity index (χ3n) is 4.91. The normalized spacial score (nSPS) is 13.0. The van der Waals surface area contributed by atoms with Crippen LogP contribution in [0.3, 0.4) is 0 Å². The molecule has 0 spiro atoms. The summed E-state index contributed by atoms with van der Waals surface area (Å²) in [5.41, 5.74) is 2.85. The monoisotopic (exact) mass is 398 g/mol. The quantitative estimate of drug-likeness (QED) is 0.788. The van der Waals surface area contributed by atoms with Crippen LogP contribution in [0.4, 0.5) is 4.39 Å². The average molecular weight is 399 g/mol. The first-order valence-electron chi connectivity index (χ1n) is 9.77. The van der Waals surface area contributed by atoms with Gasteiger partial charge in [-0.2, -0.15) is 0 Å². The number of hydrogen-bond donors (Lipinski definition) is 2. The van der Waals surface area contributed by atoms with Crippen LogP contribution in [0.25, 0.3) is 0 Å². The van der Waals surface area contributed by atoms with Gasteiger partial charge in [-0.25, -0.2) is 4.39 Å². The lowest BCUT2D eigenvalue weighted by atomic mass is 9.79. The van der Waals surface area contributed by atoms with Crippen molar-refractivity contribution in [2.24, 2.45) is 0 Å². The van der Waals surface area contributed by atoms with Crippen LogP contribution in [0.2, 0.25) is 0 Å². The first-order chi connectivity index (χ1) is 13.3. The molecule has 1 unspecified atom stereocenters. The van der Waals surface area contributed by atoms with Gasteiger partial charge in [-0.3, -0.25) is 9.59 Å². The summed E-state index contributed by atoms with van der Waals surface area (Å²) in [6, 6.07) is 10.5. The van der Waals surface area contributed by atoms with Crippen molar-refractivity contribution in [1.82, 2.24) is 10.6 Å². The molecule has 4 nitrogen and oxygen atoms in total. The van der Waals surface area contributed by atoms with E-state index in [0.29, 0.717) is 11.1 Å². The van der Waals surface area contributed by atoms with E-state index in [0.717, 1.165) is 11.1 Å². The van der Waals surface area contributed by atoms with Gasteiger partial charge in [0.2, 0.25) is 5.91 Å². The fraction of sp³-hybridized carbons (Fsp3) is 0.417. The Morgan fingerprint density at radius 2 is 1.34 bits per heavy atom. The zero-order valence-electron chi connectivity index (χ0n) is 18.3. The minimum atomic E-state index is -0.913. The van der Waals surface area contributed by atoms with E-state index in [1.165, 1.54) is 31.3 Å². The molecule has 5 heteroatoms. The number of benzene rings is 2. The molecule has 0 heterocycles. The topological polar surface area (TPSA) is 58.2 Å². The van der Waals surface area contributed by atoms with Crippen molar-refractivity contribution in [3.05, 3.63) is 70.5 Å². The summed E-state index contributed by atoms with van der Waals surface area (Å²) in [7, 11) is 1.50. The van der Waals surface area contributed by atoms with Crippen LogP contribution in [0.5, 0.6) is 0 Å². The Morgan fingerprint density at radius 1 is 0.862 bits per heavy atom. The molecule has 2 aromatic carbocycles. The highest BCUT2D eigenvalue weighted by Crippen LogP contribution is 2.30. The van der Waals surface area contributed by atoms with Gasteiger partial charge >= 0.3 is 0 Å². The van der Waals surface area contributed by atoms with E-state index in [-0.39, 0.29) is 22.6 Å². The van der Waals surface area contributed by atoms with Crippen molar-refractivity contribution in [3.63, 3.8) is 0 Å². The van der Waals surface area contributed by atoms with Gasteiger partial charge in [-0.1, -0.05) is 59.7 Å². The fourth-order valence-corrected chi connectivity index (χ4v) is 2.94. The van der Waals surface area contributed by atoms with Crippen molar-refractivity contribution >= 4 is 11.8 Å². The third kappa shape index (κ3) is 5.66. The molecule has 0 fully saturated rings. The molecule has 0 radical (unpaired) electrons. The zero-order valence-corrected chi connectivity index (χ0v) is 18.3. The Balaban J connectivity index is 2.45. The summed E-state index contributed by atoms with van der Waals surface area (Å²) in [6.45, 7) is 12.6. The van der Waals surface area contributed by atoms with Crippen LogP contribution >= 0.6 is 0 Å². The molecule has 2 amide bonds. The van der Waals surface area contributed by atoms with Crippen molar-refractivity contribution in [1.29, 1.82) is 0 Å². The Labute approximate surface area is 172 Å². The molecule has 2 rings (SSSR count). The second kappa shape index (κ2) is 8.36. The molecule has 0 aromatic heterocycles. The van der Waals surface area contributed by atoms with Crippen molar-refractivity contribution in [2.45, 2.75) is 58.4 Å². The predicted octanol–water partition coefficient (Wildman–Crippen LogP) is 4.64. The van der Waals surface area contributed by atoms with Gasteiger partial charge in [0, 0.05) is 12.6 Å². The number of halogens is 1. The van der Waals surface area contributed by atoms with Crippen LogP contribution < -0.4 is 10.6 Å². The van der Waals surface area contributed by atoms with Crippen LogP contribution in [0, 0.1) is 5.82 Å². The highest BCUT2D eigenvalue weighted by atomic mass is 19.1. The predicted molar refractivity (Wildman–Crippen MR) is 115 cm³/mol. The Kier molecular flexibility index (Phi) is 6.51. The fourth-order valence-electron chi connectivity index (χ4n) is 2.94. The van der Waals surface area contributed by atoms with Crippen molar-refractivity contribution in [3.8, 4) is 0 Å². The molecule has 0 aliphatic heterocycles. The van der Waals surface area contributed by atoms with Crippen LogP contribution in [-0.2, 0) is 15.6 Å². The van der Waals surface area contributed by atoms with E-state index < -0.39 is 11.9 Å². The van der Waals surface area contributed by atoms with E-state index in [1.807, 2.05) is 12.1 Å². The first-order valence-corrected chi connectivity index (χ1v) is 9.77. The maximum absolute atomic E-state index is 13.3. The molecular weight excluding hydrogens is 367 g/mol. The summed E-state index contributed by atoms with van der Waals surface area (Å²) in [5, 5.41) is 5.36. The van der Waals surface area contributed by atoms with E-state index >= 15 is 0 Å². The average Bonchev–Trinajstić information content (AvgIpc) is 2.64. The van der Waals surface area contributed by atoms with Gasteiger partial charge in [0.15, 0.2) is 0 Å². The summed E-state index contributed by atoms with van der Waals surface area (Å²) in [5.74, 6) is -1.11. The maximum atomic E-state index is 13.3. The summed E-state index contributed by atoms with van der Waals surface area (Å²) in [4.78, 5) is 25.5. The molecule has 0 aliphatic carbocycles. The largest absolute Gasteiger partial charge is 0.357 e. The van der Waals surface area contributed by atoms with Crippen molar-refractivity contribution in [2.75, 3.05) is 7.05 Å². The molecule has 29 heavy (non-hydrogen) atoms. The Hall–Kier alpha value is -2.69. The second-order valence-corrected chi connectivity index (χ2v) is 9.37. The Morgan fingerprint density at radius 3 is 1.76 bits per heavy atom. The van der Waals surface area contributed by atoms with E-state index in [1.54, 1.807) is 0 Å². The smallest absolute Gasteiger partial charge is 0.252 e. The van der Waals surface area contributed by atoms with Gasteiger partial charge < -0.3 is 10.6 Å². The van der Waals surface area contributed by atoms with Crippen LogP contribution in [0.1, 0.15) is 74.6 Å². The molecule has 0 aliphatic rings. The molecule has 2 aromatic rings. The van der Waals surface area contributed by atoms with Gasteiger partial charge in [0.05, 0.1) is 0 Å². The minimum absolute atomic E-state index is 0.132. The molecule has 2 N–H and O–H groups in total. The van der Waals surface area contributed by atoms with E-state index in [4.69, 9.17) is 0 Å². The van der Waals surface area contributed by atoms with Crippen molar-refractivity contribution < 1.29 is 14.0 Å². The number of carbonyl (C=O) groups is 2. The number of hydrogen-bond acceptors (Lipinski definition) is 2. The number of nitrogens with one attached hydrogen (secondary N) is 2. The molecule has 0 saturated carbocycles. The minimum Gasteiger partial charge on any atom is -0.357 e. The second-order valence-electron chi connectivity index (χ2n) is 9.37. The zero-order chi connectivity index (χ0) is 22.0. The molecular formula is C24H31FN2O2. The molecule has 1 atom stereocenters. The third-order valence-corrected chi connectivity index (χ3v) is 4.91. The summed E-state index contributed by atoms with van der Waals surface area (Å²) in [6.07, 6.45) is 0. The highest BCUT2D eigenvalue weighted by molar-refractivity contribution is 5.98. The SMILES string of the molecule is CNC(=O)C(NC(=O)c1cc(C(C)(C)C)cc(C(C)(C)C)c1)c1ccc(F)cc1. The van der Waals surface area contributed by atoms with E-state index in [2.05, 4.69) is 58.2 Å². The Bertz CT molecular complexity index is 858. The summed E-state index contributed by atoms with van der Waals surface area (Å²) >= 11 is 0. The van der Waals surface area contributed by atoms with Gasteiger partial charge in [-0.15, -0.1) is 0 Å². The summed E-state index contributed by atoms with van der Waals surface area (Å²) < 4.78 is 13.3. The number of amides is 2. The lowest BCUT2D eigenvalue weighted by Gasteiger charge is -2.26. The standard InChI is InChI=1S/C24H31FN2O2/c1-23(2,3)17-12-16(13-18(14-17)24(4,5)6)21(28)27-20(22(29)26-7)15-8-10-19(25)11-9-15/h8-14,20H,1-7H3,(H,26,29)(H,27,28). The maximum Gasteiger partial charge on any atom is 0.252 e. The number of rotatable bonds is 4. The lowest BCUT2D eigenvalue weighted by molar-refractivity contribution is -0.122. The molecule has 0 saturated heterocycles. The molecule has 156 valence electrons. The van der Waals surface area contributed by atoms with Gasteiger partial charge in [0.1, 0.15) is 11.9 Å². The number of likely N-dealkylation sites (N-methyl/N-ethyl adjacent to an activating group) is 1. The highest BCUT2D eigenvalue weighted by Gasteiger charge is 2.26. The number of carbonyl (C=O) groups excluding carboxylic acids is 2.